The molecule has 16 heavy (non-hydrogen) atoms. The minimum Gasteiger partial charge on any atom is -0.383 e. The quantitative estimate of drug-likeness (QED) is 0.688. The molecule has 0 bridgehead atoms. The average molecular weight is 249 g/mol. The maximum atomic E-state index is 13.4. The molecule has 1 fully saturated rings. The van der Waals surface area contributed by atoms with E-state index in [1.807, 2.05) is 11.8 Å². The van der Waals surface area contributed by atoms with Crippen LogP contribution in [0.2, 0.25) is 0 Å². The van der Waals surface area contributed by atoms with Crippen LogP contribution in [0.5, 0.6) is 0 Å². The van der Waals surface area contributed by atoms with Crippen LogP contribution in [0, 0.1) is 0 Å². The summed E-state index contributed by atoms with van der Waals surface area (Å²) >= 11 is 1.90. The number of rotatable bonds is 7. The predicted molar refractivity (Wildman–Crippen MR) is 69.0 cm³/mol. The fourth-order valence-corrected chi connectivity index (χ4v) is 3.13. The number of alkyl halides is 1. The molecule has 0 aliphatic carbocycles. The number of hydrogen-bond acceptors (Lipinski definition) is 3. The highest BCUT2D eigenvalue weighted by Crippen LogP contribution is 2.27. The van der Waals surface area contributed by atoms with E-state index >= 15 is 0 Å². The van der Waals surface area contributed by atoms with Crippen molar-refractivity contribution < 1.29 is 9.13 Å². The lowest BCUT2D eigenvalue weighted by Crippen LogP contribution is -2.34. The first-order chi connectivity index (χ1) is 7.71. The summed E-state index contributed by atoms with van der Waals surface area (Å²) in [6.45, 7) is 4.38. The van der Waals surface area contributed by atoms with Crippen molar-refractivity contribution in [3.05, 3.63) is 0 Å². The van der Waals surface area contributed by atoms with Gasteiger partial charge in [-0.3, -0.25) is 4.90 Å². The van der Waals surface area contributed by atoms with E-state index in [1.165, 1.54) is 6.42 Å². The van der Waals surface area contributed by atoms with Gasteiger partial charge in [0.2, 0.25) is 0 Å². The highest BCUT2D eigenvalue weighted by atomic mass is 32.2. The van der Waals surface area contributed by atoms with Crippen LogP contribution in [0.1, 0.15) is 26.2 Å². The van der Waals surface area contributed by atoms with Gasteiger partial charge in [0, 0.05) is 31.5 Å². The maximum absolute atomic E-state index is 13.4. The fourth-order valence-electron chi connectivity index (χ4n) is 2.38. The first-order valence-corrected chi connectivity index (χ1v) is 7.39. The molecule has 1 aliphatic heterocycles. The van der Waals surface area contributed by atoms with Gasteiger partial charge >= 0.3 is 0 Å². The van der Waals surface area contributed by atoms with E-state index in [-0.39, 0.29) is 0 Å². The minimum atomic E-state index is -0.638. The van der Waals surface area contributed by atoms with Crippen LogP contribution in [-0.4, -0.2) is 55.4 Å². The summed E-state index contributed by atoms with van der Waals surface area (Å²) in [5.41, 5.74) is 0. The second-order valence-corrected chi connectivity index (χ2v) is 5.61. The smallest absolute Gasteiger partial charge is 0.114 e. The zero-order valence-corrected chi connectivity index (χ0v) is 11.4. The van der Waals surface area contributed by atoms with Gasteiger partial charge in [0.15, 0.2) is 0 Å². The third kappa shape index (κ3) is 4.22. The molecule has 0 spiro atoms. The molecule has 0 radical (unpaired) electrons. The Balaban J connectivity index is 2.41. The Morgan fingerprint density at radius 2 is 2.31 bits per heavy atom. The van der Waals surface area contributed by atoms with Gasteiger partial charge < -0.3 is 4.74 Å². The van der Waals surface area contributed by atoms with E-state index in [0.29, 0.717) is 30.9 Å². The van der Waals surface area contributed by atoms with Crippen LogP contribution in [0.4, 0.5) is 4.39 Å². The Morgan fingerprint density at radius 3 is 2.88 bits per heavy atom. The van der Waals surface area contributed by atoms with Crippen LogP contribution in [0.3, 0.4) is 0 Å². The van der Waals surface area contributed by atoms with Gasteiger partial charge in [-0.1, -0.05) is 6.92 Å². The van der Waals surface area contributed by atoms with Crippen molar-refractivity contribution in [1.82, 2.24) is 4.90 Å². The predicted octanol–water partition coefficient (Wildman–Crippen LogP) is 2.58. The van der Waals surface area contributed by atoms with E-state index < -0.39 is 6.17 Å². The fraction of sp³-hybridized carbons (Fsp3) is 1.00. The van der Waals surface area contributed by atoms with Gasteiger partial charge in [-0.05, 0) is 25.5 Å². The normalized spacial score (nSPS) is 28.5. The third-order valence-electron chi connectivity index (χ3n) is 3.38. The lowest BCUT2D eigenvalue weighted by atomic mass is 10.1. The van der Waals surface area contributed by atoms with Crippen LogP contribution < -0.4 is 0 Å². The highest BCUT2D eigenvalue weighted by molar-refractivity contribution is 7.99. The summed E-state index contributed by atoms with van der Waals surface area (Å²) in [5.74, 6) is 0. The standard InChI is InChI=1S/C12H24FNOS/c1-4-12(16-3)8-11-7-10(13)9-14(11)5-6-15-2/h10-12H,4-9H2,1-3H3. The molecule has 1 saturated heterocycles. The summed E-state index contributed by atoms with van der Waals surface area (Å²) in [6, 6.07) is 0.419. The Kier molecular flexibility index (Phi) is 6.70. The molecule has 3 unspecified atom stereocenters. The lowest BCUT2D eigenvalue weighted by molar-refractivity contribution is 0.135. The van der Waals surface area contributed by atoms with Gasteiger partial charge in [0.25, 0.3) is 0 Å². The lowest BCUT2D eigenvalue weighted by Gasteiger charge is -2.26. The van der Waals surface area contributed by atoms with Gasteiger partial charge in [0.1, 0.15) is 6.17 Å². The van der Waals surface area contributed by atoms with Crippen molar-refractivity contribution in [1.29, 1.82) is 0 Å². The molecule has 96 valence electrons. The Hall–Kier alpha value is 0.200. The Morgan fingerprint density at radius 1 is 1.56 bits per heavy atom. The van der Waals surface area contributed by atoms with Gasteiger partial charge in [0.05, 0.1) is 6.61 Å². The topological polar surface area (TPSA) is 12.5 Å². The number of hydrogen-bond donors (Lipinski definition) is 0. The zero-order valence-electron chi connectivity index (χ0n) is 10.6. The van der Waals surface area contributed by atoms with Crippen LogP contribution in [0.15, 0.2) is 0 Å². The van der Waals surface area contributed by atoms with Crippen LogP contribution in [0.25, 0.3) is 0 Å². The van der Waals surface area contributed by atoms with E-state index in [0.717, 1.165) is 13.0 Å². The van der Waals surface area contributed by atoms with Crippen molar-refractivity contribution >= 4 is 11.8 Å². The molecule has 1 aliphatic rings. The molecule has 3 atom stereocenters. The molecule has 0 aromatic rings. The van der Waals surface area contributed by atoms with Crippen molar-refractivity contribution in [3.8, 4) is 0 Å². The van der Waals surface area contributed by atoms with E-state index in [1.54, 1.807) is 7.11 Å². The number of methoxy groups -OCH3 is 1. The van der Waals surface area contributed by atoms with Gasteiger partial charge in [-0.15, -0.1) is 0 Å². The molecule has 0 aromatic heterocycles. The molecular formula is C12H24FNOS. The maximum Gasteiger partial charge on any atom is 0.114 e. The average Bonchev–Trinajstić information content (AvgIpc) is 2.63. The second-order valence-electron chi connectivity index (χ2n) is 4.48. The number of halogens is 1. The van der Waals surface area contributed by atoms with Crippen molar-refractivity contribution in [2.24, 2.45) is 0 Å². The molecule has 0 saturated carbocycles. The number of likely N-dealkylation sites (tertiary alicyclic amines) is 1. The highest BCUT2D eigenvalue weighted by Gasteiger charge is 2.32. The minimum absolute atomic E-state index is 0.419. The van der Waals surface area contributed by atoms with E-state index in [4.69, 9.17) is 4.74 Å². The molecule has 4 heteroatoms. The number of nitrogens with zero attached hydrogens (tertiary/aromatic N) is 1. The first-order valence-electron chi connectivity index (χ1n) is 6.11. The zero-order chi connectivity index (χ0) is 12.0. The van der Waals surface area contributed by atoms with Crippen molar-refractivity contribution in [3.63, 3.8) is 0 Å². The Bertz CT molecular complexity index is 190. The largest absolute Gasteiger partial charge is 0.383 e. The van der Waals surface area contributed by atoms with Crippen molar-refractivity contribution in [2.45, 2.75) is 43.6 Å². The molecule has 1 heterocycles. The van der Waals surface area contributed by atoms with E-state index in [9.17, 15) is 4.39 Å². The summed E-state index contributed by atoms with van der Waals surface area (Å²) < 4.78 is 18.5. The molecular weight excluding hydrogens is 225 g/mol. The van der Waals surface area contributed by atoms with Crippen molar-refractivity contribution in [2.75, 3.05) is 33.1 Å². The second kappa shape index (κ2) is 7.51. The molecule has 0 aromatic carbocycles. The SMILES string of the molecule is CCC(CC1CC(F)CN1CCOC)SC. The number of thioether (sulfide) groups is 1. The molecule has 2 nitrogen and oxygen atoms in total. The summed E-state index contributed by atoms with van der Waals surface area (Å²) in [4.78, 5) is 2.26. The molecule has 0 N–H and O–H groups in total. The molecule has 0 amide bonds. The van der Waals surface area contributed by atoms with Crippen LogP contribution >= 0.6 is 11.8 Å². The number of ether oxygens (including phenoxy) is 1. The monoisotopic (exact) mass is 249 g/mol. The third-order valence-corrected chi connectivity index (χ3v) is 4.58. The Labute approximate surface area is 103 Å². The first kappa shape index (κ1) is 14.3. The van der Waals surface area contributed by atoms with E-state index in [2.05, 4.69) is 18.1 Å². The summed E-state index contributed by atoms with van der Waals surface area (Å²) in [7, 11) is 1.70. The van der Waals surface area contributed by atoms with Gasteiger partial charge in [-0.25, -0.2) is 4.39 Å². The van der Waals surface area contributed by atoms with Gasteiger partial charge in [-0.2, -0.15) is 11.8 Å². The summed E-state index contributed by atoms with van der Waals surface area (Å²) in [6.07, 6.45) is 4.51. The molecule has 1 rings (SSSR count). The summed E-state index contributed by atoms with van der Waals surface area (Å²) in [5, 5.41) is 0.667. The van der Waals surface area contributed by atoms with Crippen LogP contribution in [-0.2, 0) is 4.74 Å².